The minimum atomic E-state index is -1.54. The van der Waals surface area contributed by atoms with Crippen LogP contribution in [-0.2, 0) is 35.1 Å². The molecule has 214 valence electrons. The quantitative estimate of drug-likeness (QED) is 0.280. The molecule has 0 aliphatic heterocycles. The Morgan fingerprint density at radius 1 is 0.842 bits per heavy atom. The first-order chi connectivity index (χ1) is 17.4. The molecule has 0 amide bonds. The number of nitrogens with two attached hydrogens (primary N) is 1. The normalized spacial score (nSPS) is 14.3. The van der Waals surface area contributed by atoms with E-state index in [1.807, 2.05) is 13.8 Å². The third-order valence-electron chi connectivity index (χ3n) is 6.84. The summed E-state index contributed by atoms with van der Waals surface area (Å²) in [5.74, 6) is -2.26. The van der Waals surface area contributed by atoms with E-state index in [0.29, 0.717) is 18.4 Å². The second-order valence-corrected chi connectivity index (χ2v) is 11.5. The average molecular weight is 536 g/mol. The van der Waals surface area contributed by atoms with Gasteiger partial charge in [0, 0.05) is 12.8 Å². The van der Waals surface area contributed by atoms with Crippen molar-refractivity contribution in [1.82, 2.24) is 0 Å². The zero-order valence-corrected chi connectivity index (χ0v) is 24.6. The van der Waals surface area contributed by atoms with E-state index in [2.05, 4.69) is 0 Å². The summed E-state index contributed by atoms with van der Waals surface area (Å²) in [5, 5.41) is 0. The molecule has 0 saturated carbocycles. The summed E-state index contributed by atoms with van der Waals surface area (Å²) >= 11 is 0. The van der Waals surface area contributed by atoms with E-state index in [4.69, 9.17) is 24.7 Å². The largest absolute Gasteiger partial charge is 0.468 e. The zero-order chi connectivity index (χ0) is 29.5. The van der Waals surface area contributed by atoms with Crippen LogP contribution in [0, 0.1) is 16.7 Å². The van der Waals surface area contributed by atoms with Crippen molar-refractivity contribution in [3.8, 4) is 11.5 Å². The first kappa shape index (κ1) is 33.1. The summed E-state index contributed by atoms with van der Waals surface area (Å²) in [6, 6.07) is 4.68. The maximum Gasteiger partial charge on any atom is 0.326 e. The summed E-state index contributed by atoms with van der Waals surface area (Å²) in [7, 11) is 1.23. The lowest BCUT2D eigenvalue weighted by molar-refractivity contribution is -0.157. The fourth-order valence-electron chi connectivity index (χ4n) is 3.28. The molecule has 0 heterocycles. The molecular formula is C29H45NO8. The number of hydrogen-bond acceptors (Lipinski definition) is 9. The molecule has 0 aliphatic rings. The highest BCUT2D eigenvalue weighted by atomic mass is 16.6. The number of benzene rings is 1. The Labute approximate surface area is 226 Å². The van der Waals surface area contributed by atoms with Crippen molar-refractivity contribution < 1.29 is 38.1 Å². The molecule has 1 rings (SSSR count). The fraction of sp³-hybridized carbons (Fsp3) is 0.655. The molecule has 0 aliphatic carbocycles. The van der Waals surface area contributed by atoms with Gasteiger partial charge >= 0.3 is 23.9 Å². The van der Waals surface area contributed by atoms with Crippen LogP contribution in [0.25, 0.3) is 0 Å². The van der Waals surface area contributed by atoms with E-state index in [9.17, 15) is 19.2 Å². The van der Waals surface area contributed by atoms with Crippen molar-refractivity contribution in [2.45, 2.75) is 99.6 Å². The summed E-state index contributed by atoms with van der Waals surface area (Å²) < 4.78 is 21.7. The Kier molecular flexibility index (Phi) is 11.5. The van der Waals surface area contributed by atoms with E-state index in [1.165, 1.54) is 19.2 Å². The summed E-state index contributed by atoms with van der Waals surface area (Å²) in [6.45, 7) is 15.9. The number of rotatable bonds is 13. The van der Waals surface area contributed by atoms with Crippen LogP contribution in [0.5, 0.6) is 11.5 Å². The van der Waals surface area contributed by atoms with Crippen molar-refractivity contribution in [2.75, 3.05) is 7.11 Å². The van der Waals surface area contributed by atoms with Crippen LogP contribution in [0.2, 0.25) is 0 Å². The molecule has 0 aromatic heterocycles. The molecule has 1 unspecified atom stereocenters. The average Bonchev–Trinajstić information content (AvgIpc) is 2.84. The Morgan fingerprint density at radius 2 is 1.34 bits per heavy atom. The summed E-state index contributed by atoms with van der Waals surface area (Å²) in [4.78, 5) is 50.4. The van der Waals surface area contributed by atoms with Gasteiger partial charge in [0.2, 0.25) is 0 Å². The van der Waals surface area contributed by atoms with E-state index >= 15 is 0 Å². The van der Waals surface area contributed by atoms with Gasteiger partial charge in [-0.25, -0.2) is 0 Å². The minimum Gasteiger partial charge on any atom is -0.468 e. The highest BCUT2D eigenvalue weighted by Gasteiger charge is 2.39. The number of methoxy groups -OCH3 is 1. The number of carbonyl (C=O) groups excluding carboxylic acids is 4. The smallest absolute Gasteiger partial charge is 0.326 e. The predicted octanol–water partition coefficient (Wildman–Crippen LogP) is 4.76. The zero-order valence-electron chi connectivity index (χ0n) is 24.6. The van der Waals surface area contributed by atoms with Crippen LogP contribution in [0.1, 0.15) is 87.1 Å². The molecule has 0 bridgehead atoms. The van der Waals surface area contributed by atoms with Gasteiger partial charge in [0.15, 0.2) is 11.5 Å². The Bertz CT molecular complexity index is 1010. The topological polar surface area (TPSA) is 131 Å². The molecule has 0 spiro atoms. The van der Waals surface area contributed by atoms with Gasteiger partial charge in [-0.3, -0.25) is 19.2 Å². The third kappa shape index (κ3) is 8.82. The van der Waals surface area contributed by atoms with Gasteiger partial charge in [-0.1, -0.05) is 33.8 Å². The second-order valence-electron chi connectivity index (χ2n) is 11.5. The van der Waals surface area contributed by atoms with Crippen LogP contribution in [0.4, 0.5) is 0 Å². The van der Waals surface area contributed by atoms with Gasteiger partial charge in [0.1, 0.15) is 11.6 Å². The molecule has 9 nitrogen and oxygen atoms in total. The Morgan fingerprint density at radius 3 is 1.79 bits per heavy atom. The van der Waals surface area contributed by atoms with Crippen molar-refractivity contribution in [3.05, 3.63) is 23.8 Å². The molecule has 0 fully saturated rings. The van der Waals surface area contributed by atoms with Crippen LogP contribution in [0.3, 0.4) is 0 Å². The highest BCUT2D eigenvalue weighted by molar-refractivity contribution is 5.82. The van der Waals surface area contributed by atoms with Crippen LogP contribution < -0.4 is 15.2 Å². The van der Waals surface area contributed by atoms with Gasteiger partial charge in [-0.15, -0.1) is 0 Å². The highest BCUT2D eigenvalue weighted by Crippen LogP contribution is 2.35. The van der Waals surface area contributed by atoms with Crippen molar-refractivity contribution in [3.63, 3.8) is 0 Å². The van der Waals surface area contributed by atoms with E-state index in [-0.39, 0.29) is 30.3 Å². The van der Waals surface area contributed by atoms with Gasteiger partial charge in [-0.05, 0) is 65.2 Å². The van der Waals surface area contributed by atoms with E-state index in [0.717, 1.165) is 0 Å². The van der Waals surface area contributed by atoms with Gasteiger partial charge in [0.05, 0.1) is 23.9 Å². The molecule has 2 N–H and O–H groups in total. The monoisotopic (exact) mass is 535 g/mol. The van der Waals surface area contributed by atoms with Crippen LogP contribution in [-0.4, -0.2) is 42.6 Å². The Hall–Kier alpha value is -2.94. The number of carbonyl (C=O) groups is 4. The number of ether oxygens (including phenoxy) is 4. The first-order valence-corrected chi connectivity index (χ1v) is 13.1. The standard InChI is InChI=1S/C29H45NO8/c1-11-27(6,7)24(32)37-21-14-13-20(15-22(21)38-25(33)28(8,9)12-2)17-29(30,26(34)35-10)16-19(5)36-23(31)18(3)4/h13-15,18-19H,11-12,16-17,30H2,1-10H3/t19?,29-/m1/s1. The molecular weight excluding hydrogens is 490 g/mol. The van der Waals surface area contributed by atoms with E-state index in [1.54, 1.807) is 54.5 Å². The lowest BCUT2D eigenvalue weighted by Crippen LogP contribution is -2.53. The second kappa shape index (κ2) is 13.2. The Balaban J connectivity index is 3.42. The molecule has 0 radical (unpaired) electrons. The van der Waals surface area contributed by atoms with Crippen molar-refractivity contribution in [2.24, 2.45) is 22.5 Å². The summed E-state index contributed by atoms with van der Waals surface area (Å²) in [6.07, 6.45) is 0.409. The molecule has 38 heavy (non-hydrogen) atoms. The first-order valence-electron chi connectivity index (χ1n) is 13.1. The molecule has 2 atom stereocenters. The lowest BCUT2D eigenvalue weighted by Gasteiger charge is -2.30. The molecule has 0 saturated heterocycles. The van der Waals surface area contributed by atoms with Crippen molar-refractivity contribution >= 4 is 23.9 Å². The summed E-state index contributed by atoms with van der Waals surface area (Å²) in [5.41, 5.74) is 3.98. The maximum atomic E-state index is 12.9. The number of esters is 4. The van der Waals surface area contributed by atoms with Gasteiger partial charge < -0.3 is 24.7 Å². The van der Waals surface area contributed by atoms with Crippen LogP contribution >= 0.6 is 0 Å². The van der Waals surface area contributed by atoms with E-state index < -0.39 is 46.4 Å². The predicted molar refractivity (Wildman–Crippen MR) is 144 cm³/mol. The maximum absolute atomic E-state index is 12.9. The third-order valence-corrected chi connectivity index (χ3v) is 6.84. The SMILES string of the molecule is CCC(C)(C)C(=O)Oc1ccc(C[C@](N)(CC(C)OC(=O)C(C)C)C(=O)OC)cc1OC(=O)C(C)(C)CC. The van der Waals surface area contributed by atoms with Gasteiger partial charge in [0.25, 0.3) is 0 Å². The fourth-order valence-corrected chi connectivity index (χ4v) is 3.28. The molecule has 1 aromatic rings. The van der Waals surface area contributed by atoms with Crippen LogP contribution in [0.15, 0.2) is 18.2 Å². The van der Waals surface area contributed by atoms with Crippen molar-refractivity contribution in [1.29, 1.82) is 0 Å². The van der Waals surface area contributed by atoms with Gasteiger partial charge in [-0.2, -0.15) is 0 Å². The lowest BCUT2D eigenvalue weighted by atomic mass is 9.86. The molecule has 9 heteroatoms. The minimum absolute atomic E-state index is 0.00243. The number of hydrogen-bond donors (Lipinski definition) is 1. The molecule has 1 aromatic carbocycles.